The van der Waals surface area contributed by atoms with Gasteiger partial charge in [-0.05, 0) is 25.2 Å². The van der Waals surface area contributed by atoms with Gasteiger partial charge in [-0.1, -0.05) is 0 Å². The third-order valence-electron chi connectivity index (χ3n) is 2.10. The van der Waals surface area contributed by atoms with Crippen molar-refractivity contribution in [3.05, 3.63) is 0 Å². The summed E-state index contributed by atoms with van der Waals surface area (Å²) in [6.45, 7) is 2.92. The highest BCUT2D eigenvalue weighted by Gasteiger charge is 2.13. The van der Waals surface area contributed by atoms with E-state index < -0.39 is 0 Å². The number of aliphatic hydroxyl groups excluding tert-OH is 1. The van der Waals surface area contributed by atoms with Crippen LogP contribution in [-0.4, -0.2) is 24.8 Å². The summed E-state index contributed by atoms with van der Waals surface area (Å²) in [6.07, 6.45) is 3.63. The van der Waals surface area contributed by atoms with E-state index in [1.807, 2.05) is 0 Å². The first-order chi connectivity index (χ1) is 4.43. The lowest BCUT2D eigenvalue weighted by Crippen LogP contribution is -2.86. The molecule has 0 amide bonds. The summed E-state index contributed by atoms with van der Waals surface area (Å²) in [6, 6.07) is 0. The van der Waals surface area contributed by atoms with Gasteiger partial charge in [-0.3, -0.25) is 0 Å². The van der Waals surface area contributed by atoms with Gasteiger partial charge in [-0.25, -0.2) is 0 Å². The van der Waals surface area contributed by atoms with Crippen LogP contribution in [0.1, 0.15) is 19.3 Å². The Hall–Kier alpha value is -0.0800. The molecule has 1 heterocycles. The fraction of sp³-hybridized carbons (Fsp3) is 1.00. The van der Waals surface area contributed by atoms with Crippen LogP contribution in [0.25, 0.3) is 0 Å². The zero-order valence-electron chi connectivity index (χ0n) is 5.84. The molecule has 0 aromatic rings. The van der Waals surface area contributed by atoms with Crippen molar-refractivity contribution in [1.29, 1.82) is 0 Å². The van der Waals surface area contributed by atoms with E-state index in [9.17, 15) is 0 Å². The highest BCUT2D eigenvalue weighted by molar-refractivity contribution is 4.59. The molecule has 0 spiro atoms. The van der Waals surface area contributed by atoms with Gasteiger partial charge in [0.15, 0.2) is 0 Å². The van der Waals surface area contributed by atoms with E-state index in [-0.39, 0.29) is 0 Å². The Morgan fingerprint density at radius 3 is 2.56 bits per heavy atom. The summed E-state index contributed by atoms with van der Waals surface area (Å²) >= 11 is 0. The standard InChI is InChI=1S/C7H15NO/c9-6-3-7-1-4-8-5-2-7/h7-9H,1-6H2/p+1. The molecule has 1 saturated heterocycles. The average Bonchev–Trinajstić information content (AvgIpc) is 1.91. The highest BCUT2D eigenvalue weighted by Crippen LogP contribution is 2.11. The summed E-state index contributed by atoms with van der Waals surface area (Å²) < 4.78 is 0. The van der Waals surface area contributed by atoms with Gasteiger partial charge in [0.1, 0.15) is 0 Å². The number of piperidine rings is 1. The lowest BCUT2D eigenvalue weighted by Gasteiger charge is -2.18. The SMILES string of the molecule is OCCC1CC[NH2+]CC1. The second-order valence-electron chi connectivity index (χ2n) is 2.82. The zero-order chi connectivity index (χ0) is 6.53. The Kier molecular flexibility index (Phi) is 3.01. The van der Waals surface area contributed by atoms with Gasteiger partial charge in [0.25, 0.3) is 0 Å². The maximum Gasteiger partial charge on any atom is 0.0758 e. The van der Waals surface area contributed by atoms with Crippen molar-refractivity contribution >= 4 is 0 Å². The molecule has 1 rings (SSSR count). The zero-order valence-corrected chi connectivity index (χ0v) is 5.84. The first-order valence-corrected chi connectivity index (χ1v) is 3.86. The lowest BCUT2D eigenvalue weighted by atomic mass is 9.95. The van der Waals surface area contributed by atoms with Crippen molar-refractivity contribution in [2.45, 2.75) is 19.3 Å². The predicted octanol–water partition coefficient (Wildman–Crippen LogP) is -0.658. The normalized spacial score (nSPS) is 22.3. The van der Waals surface area contributed by atoms with Crippen LogP contribution < -0.4 is 5.32 Å². The van der Waals surface area contributed by atoms with Crippen molar-refractivity contribution in [2.75, 3.05) is 19.7 Å². The Morgan fingerprint density at radius 1 is 1.33 bits per heavy atom. The third-order valence-corrected chi connectivity index (χ3v) is 2.10. The molecule has 0 atom stereocenters. The molecule has 0 saturated carbocycles. The number of rotatable bonds is 2. The third kappa shape index (κ3) is 2.33. The second kappa shape index (κ2) is 3.85. The molecule has 0 unspecified atom stereocenters. The smallest absolute Gasteiger partial charge is 0.0758 e. The van der Waals surface area contributed by atoms with Crippen molar-refractivity contribution < 1.29 is 10.4 Å². The van der Waals surface area contributed by atoms with E-state index >= 15 is 0 Å². The average molecular weight is 130 g/mol. The van der Waals surface area contributed by atoms with Gasteiger partial charge < -0.3 is 10.4 Å². The van der Waals surface area contributed by atoms with E-state index in [1.54, 1.807) is 0 Å². The fourth-order valence-electron chi connectivity index (χ4n) is 1.47. The Labute approximate surface area is 56.3 Å². The largest absolute Gasteiger partial charge is 0.396 e. The molecule has 1 aliphatic rings. The molecule has 54 valence electrons. The first kappa shape index (κ1) is 7.03. The number of quaternary nitrogens is 1. The van der Waals surface area contributed by atoms with Gasteiger partial charge in [0, 0.05) is 6.61 Å². The monoisotopic (exact) mass is 130 g/mol. The second-order valence-corrected chi connectivity index (χ2v) is 2.82. The van der Waals surface area contributed by atoms with Crippen LogP contribution in [0.15, 0.2) is 0 Å². The Balaban J connectivity index is 2.08. The minimum absolute atomic E-state index is 0.380. The van der Waals surface area contributed by atoms with Crippen molar-refractivity contribution in [2.24, 2.45) is 5.92 Å². The van der Waals surface area contributed by atoms with E-state index in [1.165, 1.54) is 25.9 Å². The van der Waals surface area contributed by atoms with Crippen molar-refractivity contribution in [1.82, 2.24) is 0 Å². The quantitative estimate of drug-likeness (QED) is 0.511. The molecular formula is C7H16NO+. The molecule has 3 N–H and O–H groups in total. The van der Waals surface area contributed by atoms with E-state index in [4.69, 9.17) is 5.11 Å². The molecule has 0 aromatic carbocycles. The Morgan fingerprint density at radius 2 is 2.00 bits per heavy atom. The van der Waals surface area contributed by atoms with Gasteiger partial charge in [0.05, 0.1) is 13.1 Å². The van der Waals surface area contributed by atoms with Crippen LogP contribution in [0.5, 0.6) is 0 Å². The van der Waals surface area contributed by atoms with Crippen LogP contribution in [0.3, 0.4) is 0 Å². The van der Waals surface area contributed by atoms with Crippen molar-refractivity contribution in [3.8, 4) is 0 Å². The molecule has 2 nitrogen and oxygen atoms in total. The van der Waals surface area contributed by atoms with Gasteiger partial charge in [-0.2, -0.15) is 0 Å². The van der Waals surface area contributed by atoms with E-state index in [2.05, 4.69) is 5.32 Å². The molecule has 0 aliphatic carbocycles. The molecule has 1 aliphatic heterocycles. The van der Waals surface area contributed by atoms with E-state index in [0.29, 0.717) is 6.61 Å². The molecule has 9 heavy (non-hydrogen) atoms. The van der Waals surface area contributed by atoms with Crippen LogP contribution in [0.2, 0.25) is 0 Å². The van der Waals surface area contributed by atoms with Crippen LogP contribution in [0.4, 0.5) is 0 Å². The minimum atomic E-state index is 0.380. The number of aliphatic hydroxyl groups is 1. The molecule has 0 radical (unpaired) electrons. The fourth-order valence-corrected chi connectivity index (χ4v) is 1.47. The number of hydrogen-bond acceptors (Lipinski definition) is 1. The highest BCUT2D eigenvalue weighted by atomic mass is 16.3. The van der Waals surface area contributed by atoms with Gasteiger partial charge >= 0.3 is 0 Å². The van der Waals surface area contributed by atoms with Crippen LogP contribution in [0, 0.1) is 5.92 Å². The lowest BCUT2D eigenvalue weighted by molar-refractivity contribution is -0.664. The predicted molar refractivity (Wildman–Crippen MR) is 36.1 cm³/mol. The summed E-state index contributed by atoms with van der Waals surface area (Å²) in [5, 5.41) is 11.0. The molecule has 2 heteroatoms. The maximum absolute atomic E-state index is 8.61. The van der Waals surface area contributed by atoms with Gasteiger partial charge in [-0.15, -0.1) is 0 Å². The first-order valence-electron chi connectivity index (χ1n) is 3.86. The summed E-state index contributed by atoms with van der Waals surface area (Å²) in [5.41, 5.74) is 0. The van der Waals surface area contributed by atoms with E-state index in [0.717, 1.165) is 12.3 Å². The molecule has 0 aromatic heterocycles. The number of hydrogen-bond donors (Lipinski definition) is 2. The molecule has 0 bridgehead atoms. The minimum Gasteiger partial charge on any atom is -0.396 e. The summed E-state index contributed by atoms with van der Waals surface area (Å²) in [4.78, 5) is 0. The molecular weight excluding hydrogens is 114 g/mol. The van der Waals surface area contributed by atoms with Crippen molar-refractivity contribution in [3.63, 3.8) is 0 Å². The van der Waals surface area contributed by atoms with Crippen LogP contribution in [-0.2, 0) is 0 Å². The maximum atomic E-state index is 8.61. The van der Waals surface area contributed by atoms with Crippen LogP contribution >= 0.6 is 0 Å². The van der Waals surface area contributed by atoms with Gasteiger partial charge in [0.2, 0.25) is 0 Å². The number of nitrogens with two attached hydrogens (primary N) is 1. The summed E-state index contributed by atoms with van der Waals surface area (Å²) in [7, 11) is 0. The topological polar surface area (TPSA) is 36.8 Å². The summed E-state index contributed by atoms with van der Waals surface area (Å²) in [5.74, 6) is 0.819. The Bertz CT molecular complexity index is 66.6. The molecule has 1 fully saturated rings.